The third kappa shape index (κ3) is 5.96. The summed E-state index contributed by atoms with van der Waals surface area (Å²) in [5, 5.41) is 11.5. The molecular weight excluding hydrogens is 358 g/mol. The molecular formula is C22H31NO5. The summed E-state index contributed by atoms with van der Waals surface area (Å²) in [7, 11) is 0. The molecule has 1 amide bonds. The number of unbranched alkanes of at least 4 members (excludes halogenated alkanes) is 3. The zero-order valence-corrected chi connectivity index (χ0v) is 16.3. The Morgan fingerprint density at radius 1 is 1.04 bits per heavy atom. The van der Waals surface area contributed by atoms with Crippen molar-refractivity contribution in [2.75, 3.05) is 6.61 Å². The minimum atomic E-state index is -0.718. The van der Waals surface area contributed by atoms with Crippen molar-refractivity contribution in [1.82, 2.24) is 5.32 Å². The Morgan fingerprint density at radius 2 is 1.75 bits per heavy atom. The van der Waals surface area contributed by atoms with E-state index in [1.807, 2.05) is 30.3 Å². The number of hydrogen-bond donors (Lipinski definition) is 2. The van der Waals surface area contributed by atoms with E-state index in [0.29, 0.717) is 25.2 Å². The summed E-state index contributed by atoms with van der Waals surface area (Å²) in [5.74, 6) is 0.00430. The summed E-state index contributed by atoms with van der Waals surface area (Å²) in [6.45, 7) is 0.873. The van der Waals surface area contributed by atoms with Crippen molar-refractivity contribution in [3.63, 3.8) is 0 Å². The Balaban J connectivity index is 1.36. The highest BCUT2D eigenvalue weighted by molar-refractivity contribution is 5.67. The predicted octanol–water partition coefficient (Wildman–Crippen LogP) is 4.13. The summed E-state index contributed by atoms with van der Waals surface area (Å²) in [4.78, 5) is 22.6. The van der Waals surface area contributed by atoms with Crippen LogP contribution in [0, 0.1) is 11.8 Å². The molecule has 2 N–H and O–H groups in total. The van der Waals surface area contributed by atoms with E-state index in [9.17, 15) is 9.59 Å². The van der Waals surface area contributed by atoms with Crippen LogP contribution in [0.2, 0.25) is 0 Å². The first-order valence-electron chi connectivity index (χ1n) is 10.5. The molecule has 154 valence electrons. The molecule has 28 heavy (non-hydrogen) atoms. The van der Waals surface area contributed by atoms with E-state index < -0.39 is 5.97 Å². The lowest BCUT2D eigenvalue weighted by molar-refractivity contribution is -0.137. The summed E-state index contributed by atoms with van der Waals surface area (Å²) < 4.78 is 11.6. The first kappa shape index (κ1) is 20.6. The summed E-state index contributed by atoms with van der Waals surface area (Å²) in [6, 6.07) is 9.78. The van der Waals surface area contributed by atoms with E-state index in [1.54, 1.807) is 0 Å². The molecule has 0 unspecified atom stereocenters. The molecule has 4 atom stereocenters. The zero-order chi connectivity index (χ0) is 19.8. The van der Waals surface area contributed by atoms with Crippen molar-refractivity contribution in [2.24, 2.45) is 11.8 Å². The molecule has 0 radical (unpaired) electrons. The van der Waals surface area contributed by atoms with Gasteiger partial charge in [-0.2, -0.15) is 0 Å². The Bertz CT molecular complexity index is 635. The zero-order valence-electron chi connectivity index (χ0n) is 16.3. The number of carbonyl (C=O) groups excluding carboxylic acids is 1. The maximum absolute atomic E-state index is 12.1. The number of carbonyl (C=O) groups is 2. The predicted molar refractivity (Wildman–Crippen MR) is 105 cm³/mol. The fourth-order valence-corrected chi connectivity index (χ4v) is 4.50. The molecule has 0 spiro atoms. The van der Waals surface area contributed by atoms with Crippen LogP contribution in [0.15, 0.2) is 30.3 Å². The second-order valence-electron chi connectivity index (χ2n) is 7.90. The van der Waals surface area contributed by atoms with Gasteiger partial charge in [0.25, 0.3) is 0 Å². The summed E-state index contributed by atoms with van der Waals surface area (Å²) >= 11 is 0. The number of aliphatic carboxylic acids is 1. The lowest BCUT2D eigenvalue weighted by atomic mass is 9.77. The minimum Gasteiger partial charge on any atom is -0.481 e. The second kappa shape index (κ2) is 10.5. The van der Waals surface area contributed by atoms with Crippen LogP contribution >= 0.6 is 0 Å². The van der Waals surface area contributed by atoms with Gasteiger partial charge in [0.2, 0.25) is 0 Å². The fraction of sp³-hybridized carbons (Fsp3) is 0.636. The number of amides is 1. The lowest BCUT2D eigenvalue weighted by Gasteiger charge is -2.27. The van der Waals surface area contributed by atoms with Crippen LogP contribution in [0.5, 0.6) is 0 Å². The Labute approximate surface area is 166 Å². The molecule has 1 aromatic carbocycles. The number of fused-ring (bicyclic) bond motifs is 2. The first-order chi connectivity index (χ1) is 13.6. The monoisotopic (exact) mass is 389 g/mol. The van der Waals surface area contributed by atoms with E-state index in [0.717, 1.165) is 50.5 Å². The van der Waals surface area contributed by atoms with Crippen LogP contribution < -0.4 is 5.32 Å². The van der Waals surface area contributed by atoms with Crippen molar-refractivity contribution in [2.45, 2.75) is 70.1 Å². The summed E-state index contributed by atoms with van der Waals surface area (Å²) in [5.41, 5.74) is 1.04. The highest BCUT2D eigenvalue weighted by Crippen LogP contribution is 2.45. The van der Waals surface area contributed by atoms with E-state index in [2.05, 4.69) is 5.32 Å². The number of benzene rings is 1. The third-order valence-corrected chi connectivity index (χ3v) is 5.95. The Hall–Kier alpha value is -2.08. The Kier molecular flexibility index (Phi) is 7.71. The third-order valence-electron chi connectivity index (χ3n) is 5.95. The molecule has 2 heterocycles. The average molecular weight is 389 g/mol. The number of alkyl carbamates (subject to hydrolysis) is 1. The fourth-order valence-electron chi connectivity index (χ4n) is 4.50. The molecule has 0 aromatic heterocycles. The second-order valence-corrected chi connectivity index (χ2v) is 7.90. The maximum atomic E-state index is 12.1. The maximum Gasteiger partial charge on any atom is 0.407 e. The standard InChI is InChI=1S/C22H31NO5/c24-21(25)11-7-2-1-6-10-17-18(20-13-12-19(17)28-20)15-27-22(26)23-14-16-8-4-3-5-9-16/h3-5,8-9,17-20H,1-2,6-7,10-15H2,(H,23,26)(H,24,25)/t17-,18-,19+,20-/m1/s1. The molecule has 2 aliphatic rings. The molecule has 3 rings (SSSR count). The molecule has 6 nitrogen and oxygen atoms in total. The smallest absolute Gasteiger partial charge is 0.407 e. The topological polar surface area (TPSA) is 84.9 Å². The van der Waals surface area contributed by atoms with Gasteiger partial charge in [-0.1, -0.05) is 49.6 Å². The highest BCUT2D eigenvalue weighted by atomic mass is 16.6. The number of carboxylic acid groups (broad SMARTS) is 1. The van der Waals surface area contributed by atoms with Crippen LogP contribution in [0.25, 0.3) is 0 Å². The van der Waals surface area contributed by atoms with E-state index in [4.69, 9.17) is 14.6 Å². The van der Waals surface area contributed by atoms with Gasteiger partial charge in [-0.25, -0.2) is 4.79 Å². The molecule has 2 bridgehead atoms. The van der Waals surface area contributed by atoms with Crippen LogP contribution in [0.1, 0.15) is 56.9 Å². The van der Waals surface area contributed by atoms with E-state index >= 15 is 0 Å². The molecule has 2 fully saturated rings. The van der Waals surface area contributed by atoms with Crippen molar-refractivity contribution >= 4 is 12.1 Å². The quantitative estimate of drug-likeness (QED) is 0.556. The average Bonchev–Trinajstić information content (AvgIpc) is 3.30. The van der Waals surface area contributed by atoms with Crippen LogP contribution in [-0.2, 0) is 20.8 Å². The van der Waals surface area contributed by atoms with Gasteiger partial charge < -0.3 is 19.9 Å². The van der Waals surface area contributed by atoms with Gasteiger partial charge in [0, 0.05) is 18.9 Å². The van der Waals surface area contributed by atoms with Gasteiger partial charge in [-0.15, -0.1) is 0 Å². The van der Waals surface area contributed by atoms with Gasteiger partial charge in [0.1, 0.15) is 0 Å². The van der Waals surface area contributed by atoms with Crippen molar-refractivity contribution < 1.29 is 24.2 Å². The number of ether oxygens (including phenoxy) is 2. The van der Waals surface area contributed by atoms with Gasteiger partial charge in [-0.05, 0) is 37.2 Å². The largest absolute Gasteiger partial charge is 0.481 e. The molecule has 2 aliphatic heterocycles. The molecule has 6 heteroatoms. The number of nitrogens with one attached hydrogen (secondary N) is 1. The van der Waals surface area contributed by atoms with Crippen LogP contribution in [0.3, 0.4) is 0 Å². The van der Waals surface area contributed by atoms with Gasteiger partial charge in [0.15, 0.2) is 0 Å². The minimum absolute atomic E-state index is 0.212. The highest BCUT2D eigenvalue weighted by Gasteiger charge is 2.48. The van der Waals surface area contributed by atoms with Crippen LogP contribution in [0.4, 0.5) is 4.79 Å². The summed E-state index contributed by atoms with van der Waals surface area (Å²) in [6.07, 6.45) is 7.44. The van der Waals surface area contributed by atoms with Crippen molar-refractivity contribution in [1.29, 1.82) is 0 Å². The van der Waals surface area contributed by atoms with Gasteiger partial charge >= 0.3 is 12.1 Å². The van der Waals surface area contributed by atoms with Gasteiger partial charge in [-0.3, -0.25) is 4.79 Å². The first-order valence-corrected chi connectivity index (χ1v) is 10.5. The number of carboxylic acids is 1. The molecule has 0 saturated carbocycles. The number of hydrogen-bond acceptors (Lipinski definition) is 4. The SMILES string of the molecule is O=C(O)CCCCCC[C@@H]1[C@@H](COC(=O)NCc2ccccc2)[C@H]2CC[C@@H]1O2. The normalized spacial score (nSPS) is 25.6. The molecule has 2 saturated heterocycles. The van der Waals surface area contributed by atoms with E-state index in [-0.39, 0.29) is 24.5 Å². The molecule has 0 aliphatic carbocycles. The Morgan fingerprint density at radius 3 is 2.50 bits per heavy atom. The van der Waals surface area contributed by atoms with Gasteiger partial charge in [0.05, 0.1) is 18.8 Å². The number of rotatable bonds is 11. The van der Waals surface area contributed by atoms with E-state index in [1.165, 1.54) is 0 Å². The van der Waals surface area contributed by atoms with Crippen molar-refractivity contribution in [3.05, 3.63) is 35.9 Å². The van der Waals surface area contributed by atoms with Crippen molar-refractivity contribution in [3.8, 4) is 0 Å². The molecule has 1 aromatic rings. The lowest BCUT2D eigenvalue weighted by Crippen LogP contribution is -2.34. The van der Waals surface area contributed by atoms with Crippen LogP contribution in [-0.4, -0.2) is 36.0 Å².